The van der Waals surface area contributed by atoms with E-state index >= 15 is 0 Å². The summed E-state index contributed by atoms with van der Waals surface area (Å²) in [6.45, 7) is 2.38. The van der Waals surface area contributed by atoms with Gasteiger partial charge in [0.05, 0.1) is 12.9 Å². The molecule has 2 aliphatic heterocycles. The summed E-state index contributed by atoms with van der Waals surface area (Å²) in [4.78, 5) is 22.2. The highest BCUT2D eigenvalue weighted by Gasteiger charge is 2.60. The molecule has 0 saturated carbocycles. The van der Waals surface area contributed by atoms with Gasteiger partial charge in [0.25, 0.3) is 0 Å². The van der Waals surface area contributed by atoms with E-state index in [1.54, 1.807) is 10.9 Å². The summed E-state index contributed by atoms with van der Waals surface area (Å²) in [5, 5.41) is 0. The van der Waals surface area contributed by atoms with Gasteiger partial charge in [0.15, 0.2) is 17.7 Å². The molecule has 2 unspecified atom stereocenters. The number of imidazole rings is 1. The van der Waals surface area contributed by atoms with E-state index in [0.717, 1.165) is 7.11 Å². The SMILES string of the molecule is CC[C@@]12CCOC([C@H](n3cnc4c(N)ncnc43)O1)[C@H]2OP(=O)(O)OC. The van der Waals surface area contributed by atoms with Gasteiger partial charge in [0.1, 0.15) is 29.7 Å². The van der Waals surface area contributed by atoms with E-state index in [0.29, 0.717) is 30.6 Å². The van der Waals surface area contributed by atoms with Crippen LogP contribution in [0.3, 0.4) is 0 Å². The first-order valence-electron chi connectivity index (χ1n) is 8.20. The van der Waals surface area contributed by atoms with Crippen molar-refractivity contribution in [2.75, 3.05) is 19.5 Å². The molecular formula is C14H20N5O6P. The van der Waals surface area contributed by atoms with Crippen LogP contribution in [0.2, 0.25) is 0 Å². The molecule has 2 fully saturated rings. The summed E-state index contributed by atoms with van der Waals surface area (Å²) in [6, 6.07) is 0. The molecule has 2 aromatic heterocycles. The molecule has 142 valence electrons. The van der Waals surface area contributed by atoms with Crippen LogP contribution >= 0.6 is 7.82 Å². The van der Waals surface area contributed by atoms with Gasteiger partial charge in [-0.2, -0.15) is 0 Å². The molecule has 4 heterocycles. The van der Waals surface area contributed by atoms with Crippen molar-refractivity contribution in [2.24, 2.45) is 0 Å². The largest absolute Gasteiger partial charge is 0.472 e. The highest BCUT2D eigenvalue weighted by atomic mass is 31.2. The predicted octanol–water partition coefficient (Wildman–Crippen LogP) is 1.01. The Hall–Kier alpha value is -1.62. The molecular weight excluding hydrogens is 365 g/mol. The minimum atomic E-state index is -4.22. The highest BCUT2D eigenvalue weighted by Crippen LogP contribution is 2.54. The normalized spacial score (nSPS) is 33.4. The molecule has 0 aromatic carbocycles. The molecule has 12 heteroatoms. The van der Waals surface area contributed by atoms with Crippen LogP contribution in [0.25, 0.3) is 11.2 Å². The van der Waals surface area contributed by atoms with Crippen LogP contribution in [0.15, 0.2) is 12.7 Å². The Kier molecular flexibility index (Phi) is 4.25. The van der Waals surface area contributed by atoms with Gasteiger partial charge in [-0.1, -0.05) is 6.92 Å². The molecule has 3 N–H and O–H groups in total. The van der Waals surface area contributed by atoms with Gasteiger partial charge in [0.2, 0.25) is 0 Å². The molecule has 2 bridgehead atoms. The van der Waals surface area contributed by atoms with Crippen molar-refractivity contribution in [2.45, 2.75) is 43.8 Å². The Morgan fingerprint density at radius 1 is 1.50 bits per heavy atom. The number of nitrogen functional groups attached to an aromatic ring is 1. The number of phosphoric ester groups is 1. The summed E-state index contributed by atoms with van der Waals surface area (Å²) in [5.74, 6) is 0.257. The first-order chi connectivity index (χ1) is 12.4. The second kappa shape index (κ2) is 6.22. The predicted molar refractivity (Wildman–Crippen MR) is 88.9 cm³/mol. The van der Waals surface area contributed by atoms with Crippen molar-refractivity contribution < 1.29 is 28.0 Å². The minimum Gasteiger partial charge on any atom is -0.382 e. The zero-order valence-corrected chi connectivity index (χ0v) is 15.2. The molecule has 2 aromatic rings. The number of hydrogen-bond acceptors (Lipinski definition) is 9. The van der Waals surface area contributed by atoms with Gasteiger partial charge in [-0.15, -0.1) is 0 Å². The van der Waals surface area contributed by atoms with Crippen LogP contribution in [-0.2, 0) is 23.1 Å². The Labute approximate surface area is 149 Å². The lowest BCUT2D eigenvalue weighted by atomic mass is 9.87. The number of nitrogens with two attached hydrogens (primary N) is 1. The van der Waals surface area contributed by atoms with Crippen LogP contribution in [0.4, 0.5) is 5.82 Å². The van der Waals surface area contributed by atoms with Gasteiger partial charge in [0, 0.05) is 13.5 Å². The van der Waals surface area contributed by atoms with Gasteiger partial charge >= 0.3 is 7.82 Å². The van der Waals surface area contributed by atoms with E-state index in [9.17, 15) is 9.46 Å². The van der Waals surface area contributed by atoms with Crippen LogP contribution in [0.5, 0.6) is 0 Å². The van der Waals surface area contributed by atoms with Crippen LogP contribution in [-0.4, -0.2) is 55.9 Å². The quantitative estimate of drug-likeness (QED) is 0.715. The third-order valence-electron chi connectivity index (χ3n) is 5.03. The number of fused-ring (bicyclic) bond motifs is 3. The van der Waals surface area contributed by atoms with Gasteiger partial charge in [-0.25, -0.2) is 19.5 Å². The van der Waals surface area contributed by atoms with Gasteiger partial charge in [-0.3, -0.25) is 13.6 Å². The lowest BCUT2D eigenvalue weighted by Crippen LogP contribution is -2.49. The molecule has 0 amide bonds. The van der Waals surface area contributed by atoms with Crippen molar-refractivity contribution in [3.8, 4) is 0 Å². The van der Waals surface area contributed by atoms with Crippen molar-refractivity contribution in [1.82, 2.24) is 19.5 Å². The average Bonchev–Trinajstić information content (AvgIpc) is 3.11. The maximum atomic E-state index is 12.0. The van der Waals surface area contributed by atoms with E-state index < -0.39 is 31.9 Å². The summed E-state index contributed by atoms with van der Waals surface area (Å²) in [5.41, 5.74) is 6.01. The van der Waals surface area contributed by atoms with Gasteiger partial charge in [-0.05, 0) is 6.42 Å². The topological polar surface area (TPSA) is 144 Å². The lowest BCUT2D eigenvalue weighted by Gasteiger charge is -2.37. The van der Waals surface area contributed by atoms with Crippen LogP contribution in [0, 0.1) is 0 Å². The molecule has 0 spiro atoms. The fourth-order valence-corrected chi connectivity index (χ4v) is 4.32. The lowest BCUT2D eigenvalue weighted by molar-refractivity contribution is -0.120. The molecule has 5 atom stereocenters. The van der Waals surface area contributed by atoms with E-state index in [1.807, 2.05) is 6.92 Å². The van der Waals surface area contributed by atoms with E-state index in [4.69, 9.17) is 19.7 Å². The average molecular weight is 385 g/mol. The number of phosphoric acid groups is 1. The smallest absolute Gasteiger partial charge is 0.382 e. The maximum Gasteiger partial charge on any atom is 0.472 e. The fraction of sp³-hybridized carbons (Fsp3) is 0.643. The Balaban J connectivity index is 1.76. The van der Waals surface area contributed by atoms with E-state index in [1.165, 1.54) is 6.33 Å². The number of ether oxygens (including phenoxy) is 2. The van der Waals surface area contributed by atoms with Gasteiger partial charge < -0.3 is 20.1 Å². The number of nitrogens with zero attached hydrogens (tertiary/aromatic N) is 4. The summed E-state index contributed by atoms with van der Waals surface area (Å²) in [7, 11) is -3.10. The number of anilines is 1. The second-order valence-electron chi connectivity index (χ2n) is 6.27. The molecule has 26 heavy (non-hydrogen) atoms. The van der Waals surface area contributed by atoms with E-state index in [-0.39, 0.29) is 5.82 Å². The molecule has 0 radical (unpaired) electrons. The zero-order valence-electron chi connectivity index (χ0n) is 14.3. The van der Waals surface area contributed by atoms with Crippen molar-refractivity contribution in [3.05, 3.63) is 12.7 Å². The summed E-state index contributed by atoms with van der Waals surface area (Å²) in [6.07, 6.45) is 1.93. The van der Waals surface area contributed by atoms with Crippen LogP contribution in [0.1, 0.15) is 26.0 Å². The zero-order chi connectivity index (χ0) is 18.5. The first kappa shape index (κ1) is 17.8. The third-order valence-corrected chi connectivity index (χ3v) is 5.98. The number of aromatic nitrogens is 4. The number of rotatable bonds is 5. The van der Waals surface area contributed by atoms with E-state index in [2.05, 4.69) is 19.5 Å². The monoisotopic (exact) mass is 385 g/mol. The number of hydrogen-bond donors (Lipinski definition) is 2. The Morgan fingerprint density at radius 2 is 2.31 bits per heavy atom. The molecule has 4 rings (SSSR count). The maximum absolute atomic E-state index is 12.0. The first-order valence-corrected chi connectivity index (χ1v) is 9.69. The van der Waals surface area contributed by atoms with Crippen molar-refractivity contribution >= 4 is 24.8 Å². The Bertz CT molecular complexity index is 877. The summed E-state index contributed by atoms with van der Waals surface area (Å²) < 4.78 is 35.9. The standard InChI is InChI=1S/C14H20N5O6P/c1-3-14-4-5-23-9(10(14)25-26(20,21)22-2)13(24-14)19-7-18-8-11(15)16-6-17-12(8)19/h6-7,9-10,13H,3-5H2,1-2H3,(H,20,21)(H2,15,16,17)/t9?,10-,13-,14+/m1/s1. The Morgan fingerprint density at radius 3 is 3.04 bits per heavy atom. The summed E-state index contributed by atoms with van der Waals surface area (Å²) >= 11 is 0. The third kappa shape index (κ3) is 2.63. The fourth-order valence-electron chi connectivity index (χ4n) is 3.64. The molecule has 11 nitrogen and oxygen atoms in total. The minimum absolute atomic E-state index is 0.257. The highest BCUT2D eigenvalue weighted by molar-refractivity contribution is 7.47. The van der Waals surface area contributed by atoms with Crippen molar-refractivity contribution in [3.63, 3.8) is 0 Å². The molecule has 0 aliphatic carbocycles. The van der Waals surface area contributed by atoms with Crippen molar-refractivity contribution in [1.29, 1.82) is 0 Å². The van der Waals surface area contributed by atoms with Crippen LogP contribution < -0.4 is 5.73 Å². The second-order valence-corrected chi connectivity index (χ2v) is 7.79. The molecule has 2 saturated heterocycles. The molecule has 2 aliphatic rings.